The van der Waals surface area contributed by atoms with Crippen LogP contribution in [0.1, 0.15) is 13.8 Å². The molecule has 0 aromatic heterocycles. The third kappa shape index (κ3) is 4.40. The van der Waals surface area contributed by atoms with Crippen molar-refractivity contribution in [1.29, 1.82) is 0 Å². The first-order valence-electron chi connectivity index (χ1n) is 4.54. The molecule has 0 amide bonds. The van der Waals surface area contributed by atoms with Crippen LogP contribution >= 0.6 is 23.2 Å². The zero-order chi connectivity index (χ0) is 11.4. The molecule has 0 bridgehead atoms. The normalized spacial score (nSPS) is 11.9. The van der Waals surface area contributed by atoms with Crippen LogP contribution < -0.4 is 11.1 Å². The lowest BCUT2D eigenvalue weighted by Gasteiger charge is -2.07. The summed E-state index contributed by atoms with van der Waals surface area (Å²) in [6.07, 6.45) is 0. The van der Waals surface area contributed by atoms with E-state index in [1.54, 1.807) is 18.2 Å². The Balaban J connectivity index is 2.81. The first-order chi connectivity index (χ1) is 6.97. The van der Waals surface area contributed by atoms with Gasteiger partial charge in [0, 0.05) is 21.8 Å². The summed E-state index contributed by atoms with van der Waals surface area (Å²) in [7, 11) is 0. The van der Waals surface area contributed by atoms with Crippen LogP contribution in [0.3, 0.4) is 0 Å². The van der Waals surface area contributed by atoms with Crippen LogP contribution in [0.5, 0.6) is 0 Å². The summed E-state index contributed by atoms with van der Waals surface area (Å²) in [5.41, 5.74) is 6.39. The van der Waals surface area contributed by atoms with Gasteiger partial charge in [0.1, 0.15) is 0 Å². The molecule has 82 valence electrons. The van der Waals surface area contributed by atoms with Crippen molar-refractivity contribution in [3.63, 3.8) is 0 Å². The number of anilines is 1. The molecule has 3 nitrogen and oxygen atoms in total. The minimum absolute atomic E-state index is 0.146. The Morgan fingerprint density at radius 2 is 1.80 bits per heavy atom. The average molecular weight is 246 g/mol. The minimum atomic E-state index is 0.146. The Labute approximate surface area is 99.3 Å². The van der Waals surface area contributed by atoms with E-state index in [0.717, 1.165) is 5.69 Å². The van der Waals surface area contributed by atoms with Gasteiger partial charge in [-0.1, -0.05) is 23.2 Å². The van der Waals surface area contributed by atoms with Gasteiger partial charge in [-0.15, -0.1) is 0 Å². The first kappa shape index (κ1) is 12.1. The molecule has 0 saturated carbocycles. The largest absolute Gasteiger partial charge is 0.370 e. The molecule has 15 heavy (non-hydrogen) atoms. The SMILES string of the molecule is CC(C)N=C(N)Nc1cc(Cl)cc(Cl)c1. The molecule has 0 aliphatic rings. The lowest BCUT2D eigenvalue weighted by atomic mass is 10.3. The Morgan fingerprint density at radius 1 is 1.27 bits per heavy atom. The molecular formula is C10H13Cl2N3. The van der Waals surface area contributed by atoms with Crippen LogP contribution in [0, 0.1) is 0 Å². The molecule has 1 aromatic carbocycles. The number of nitrogens with one attached hydrogen (secondary N) is 1. The standard InChI is InChI=1S/C10H13Cl2N3/c1-6(2)14-10(13)15-9-4-7(11)3-8(12)5-9/h3-6H,1-2H3,(H3,13,14,15). The summed E-state index contributed by atoms with van der Waals surface area (Å²) in [4.78, 5) is 4.13. The van der Waals surface area contributed by atoms with E-state index in [-0.39, 0.29) is 6.04 Å². The van der Waals surface area contributed by atoms with E-state index in [0.29, 0.717) is 16.0 Å². The second kappa shape index (κ2) is 5.24. The molecule has 0 aliphatic carbocycles. The van der Waals surface area contributed by atoms with Crippen molar-refractivity contribution in [3.8, 4) is 0 Å². The topological polar surface area (TPSA) is 50.4 Å². The number of nitrogens with zero attached hydrogens (tertiary/aromatic N) is 1. The monoisotopic (exact) mass is 245 g/mol. The van der Waals surface area contributed by atoms with E-state index in [1.165, 1.54) is 0 Å². The second-order valence-electron chi connectivity index (χ2n) is 3.39. The number of benzene rings is 1. The molecule has 3 N–H and O–H groups in total. The lowest BCUT2D eigenvalue weighted by Crippen LogP contribution is -2.23. The molecule has 0 fully saturated rings. The number of hydrogen-bond acceptors (Lipinski definition) is 1. The van der Waals surface area contributed by atoms with Gasteiger partial charge in [-0.25, -0.2) is 0 Å². The highest BCUT2D eigenvalue weighted by atomic mass is 35.5. The van der Waals surface area contributed by atoms with E-state index >= 15 is 0 Å². The van der Waals surface area contributed by atoms with Crippen LogP contribution in [0.4, 0.5) is 5.69 Å². The number of halogens is 2. The highest BCUT2D eigenvalue weighted by Crippen LogP contribution is 2.22. The highest BCUT2D eigenvalue weighted by Gasteiger charge is 2.00. The second-order valence-corrected chi connectivity index (χ2v) is 4.26. The van der Waals surface area contributed by atoms with Gasteiger partial charge in [0.25, 0.3) is 0 Å². The minimum Gasteiger partial charge on any atom is -0.370 e. The first-order valence-corrected chi connectivity index (χ1v) is 5.29. The molecule has 0 spiro atoms. The average Bonchev–Trinajstić information content (AvgIpc) is 1.98. The van der Waals surface area contributed by atoms with Crippen molar-refractivity contribution >= 4 is 34.8 Å². The number of hydrogen-bond donors (Lipinski definition) is 2. The van der Waals surface area contributed by atoms with Crippen LogP contribution in [-0.2, 0) is 0 Å². The van der Waals surface area contributed by atoms with E-state index in [2.05, 4.69) is 10.3 Å². The Kier molecular flexibility index (Phi) is 4.24. The smallest absolute Gasteiger partial charge is 0.193 e. The van der Waals surface area contributed by atoms with Gasteiger partial charge in [-0.2, -0.15) is 0 Å². The van der Waals surface area contributed by atoms with Crippen LogP contribution in [0.15, 0.2) is 23.2 Å². The summed E-state index contributed by atoms with van der Waals surface area (Å²) in [6.45, 7) is 3.89. The van der Waals surface area contributed by atoms with Gasteiger partial charge in [0.2, 0.25) is 0 Å². The van der Waals surface area contributed by atoms with E-state index < -0.39 is 0 Å². The predicted molar refractivity (Wildman–Crippen MR) is 66.8 cm³/mol. The summed E-state index contributed by atoms with van der Waals surface area (Å²) >= 11 is 11.7. The molecule has 0 aliphatic heterocycles. The number of aliphatic imine (C=N–C) groups is 1. The van der Waals surface area contributed by atoms with Gasteiger partial charge in [0.05, 0.1) is 0 Å². The third-order valence-corrected chi connectivity index (χ3v) is 1.97. The van der Waals surface area contributed by atoms with Crippen molar-refractivity contribution in [2.75, 3.05) is 5.32 Å². The van der Waals surface area contributed by atoms with Crippen molar-refractivity contribution in [2.24, 2.45) is 10.7 Å². The maximum absolute atomic E-state index is 5.83. The van der Waals surface area contributed by atoms with E-state index in [9.17, 15) is 0 Å². The Hall–Kier alpha value is -0.930. The number of rotatable bonds is 2. The fourth-order valence-electron chi connectivity index (χ4n) is 1.08. The number of guanidine groups is 1. The predicted octanol–water partition coefficient (Wildman–Crippen LogP) is 3.13. The van der Waals surface area contributed by atoms with Crippen molar-refractivity contribution in [2.45, 2.75) is 19.9 Å². The highest BCUT2D eigenvalue weighted by molar-refractivity contribution is 6.35. The molecule has 1 aromatic rings. The molecule has 0 radical (unpaired) electrons. The molecule has 0 atom stereocenters. The quantitative estimate of drug-likeness (QED) is 0.622. The molecule has 0 unspecified atom stereocenters. The van der Waals surface area contributed by atoms with Crippen molar-refractivity contribution in [1.82, 2.24) is 0 Å². The van der Waals surface area contributed by atoms with Crippen LogP contribution in [-0.4, -0.2) is 12.0 Å². The van der Waals surface area contributed by atoms with Gasteiger partial charge >= 0.3 is 0 Å². The van der Waals surface area contributed by atoms with Crippen molar-refractivity contribution in [3.05, 3.63) is 28.2 Å². The zero-order valence-electron chi connectivity index (χ0n) is 8.59. The zero-order valence-corrected chi connectivity index (χ0v) is 10.1. The Bertz CT molecular complexity index is 355. The summed E-state index contributed by atoms with van der Waals surface area (Å²) in [6, 6.07) is 5.27. The maximum Gasteiger partial charge on any atom is 0.193 e. The molecule has 0 saturated heterocycles. The van der Waals surface area contributed by atoms with Gasteiger partial charge < -0.3 is 11.1 Å². The summed E-state index contributed by atoms with van der Waals surface area (Å²) < 4.78 is 0. The molecule has 5 heteroatoms. The molecule has 1 rings (SSSR count). The van der Waals surface area contributed by atoms with Gasteiger partial charge in [-0.3, -0.25) is 4.99 Å². The van der Waals surface area contributed by atoms with Gasteiger partial charge in [-0.05, 0) is 32.0 Å². The van der Waals surface area contributed by atoms with Crippen molar-refractivity contribution < 1.29 is 0 Å². The summed E-state index contributed by atoms with van der Waals surface area (Å²) in [5.74, 6) is 0.350. The Morgan fingerprint density at radius 3 is 2.27 bits per heavy atom. The fraction of sp³-hybridized carbons (Fsp3) is 0.300. The number of nitrogens with two attached hydrogens (primary N) is 1. The van der Waals surface area contributed by atoms with Crippen LogP contribution in [0.25, 0.3) is 0 Å². The maximum atomic E-state index is 5.83. The fourth-order valence-corrected chi connectivity index (χ4v) is 1.61. The van der Waals surface area contributed by atoms with Gasteiger partial charge in [0.15, 0.2) is 5.96 Å². The summed E-state index contributed by atoms with van der Waals surface area (Å²) in [5, 5.41) is 4.03. The van der Waals surface area contributed by atoms with E-state index in [4.69, 9.17) is 28.9 Å². The third-order valence-electron chi connectivity index (χ3n) is 1.53. The molecular weight excluding hydrogens is 233 g/mol. The lowest BCUT2D eigenvalue weighted by molar-refractivity contribution is 0.833. The van der Waals surface area contributed by atoms with Crippen LogP contribution in [0.2, 0.25) is 10.0 Å². The van der Waals surface area contributed by atoms with E-state index in [1.807, 2.05) is 13.8 Å². The molecule has 0 heterocycles.